The highest BCUT2D eigenvalue weighted by molar-refractivity contribution is 6.28. The van der Waals surface area contributed by atoms with Crippen LogP contribution >= 0.6 is 11.6 Å². The standard InChI is InChI=1S/C14H12ClN5O/c15-14-18-12(9-7-16-20-13(9)19-14)17-10-5-6-21-11-4-2-1-3-8(10)11/h1-4,7,10H,5-6H2,(H2,16,17,18,19,20). The number of aromatic amines is 1. The highest BCUT2D eigenvalue weighted by Crippen LogP contribution is 2.34. The van der Waals surface area contributed by atoms with Gasteiger partial charge in [-0.1, -0.05) is 18.2 Å². The van der Waals surface area contributed by atoms with Crippen LogP contribution in [0.4, 0.5) is 5.82 Å². The zero-order valence-electron chi connectivity index (χ0n) is 11.0. The van der Waals surface area contributed by atoms with Crippen LogP contribution in [-0.4, -0.2) is 26.8 Å². The van der Waals surface area contributed by atoms with E-state index < -0.39 is 0 Å². The number of halogens is 1. The molecular weight excluding hydrogens is 290 g/mol. The van der Waals surface area contributed by atoms with Gasteiger partial charge in [-0.25, -0.2) is 0 Å². The third kappa shape index (κ3) is 2.17. The molecule has 0 aliphatic carbocycles. The maximum absolute atomic E-state index is 5.96. The number of ether oxygens (including phenoxy) is 1. The number of hydrogen-bond donors (Lipinski definition) is 2. The van der Waals surface area contributed by atoms with Crippen LogP contribution in [0.3, 0.4) is 0 Å². The number of H-pyrrole nitrogens is 1. The topological polar surface area (TPSA) is 75.7 Å². The molecule has 2 aromatic heterocycles. The van der Waals surface area contributed by atoms with Gasteiger partial charge in [0, 0.05) is 12.0 Å². The van der Waals surface area contributed by atoms with Crippen LogP contribution in [0.25, 0.3) is 11.0 Å². The molecule has 4 rings (SSSR count). The molecule has 3 aromatic rings. The van der Waals surface area contributed by atoms with E-state index in [1.807, 2.05) is 18.2 Å². The number of nitrogens with one attached hydrogen (secondary N) is 2. The van der Waals surface area contributed by atoms with Crippen molar-refractivity contribution in [1.29, 1.82) is 0 Å². The van der Waals surface area contributed by atoms with Gasteiger partial charge in [-0.05, 0) is 17.7 Å². The first kappa shape index (κ1) is 12.4. The Morgan fingerprint density at radius 1 is 1.29 bits per heavy atom. The van der Waals surface area contributed by atoms with E-state index >= 15 is 0 Å². The fourth-order valence-electron chi connectivity index (χ4n) is 2.57. The van der Waals surface area contributed by atoms with Crippen LogP contribution in [0.1, 0.15) is 18.0 Å². The van der Waals surface area contributed by atoms with E-state index in [2.05, 4.69) is 31.5 Å². The van der Waals surface area contributed by atoms with Gasteiger partial charge in [-0.3, -0.25) is 5.10 Å². The molecule has 0 bridgehead atoms. The minimum atomic E-state index is 0.124. The summed E-state index contributed by atoms with van der Waals surface area (Å²) in [6.07, 6.45) is 2.55. The molecule has 21 heavy (non-hydrogen) atoms. The molecule has 7 heteroatoms. The smallest absolute Gasteiger partial charge is 0.226 e. The first-order valence-electron chi connectivity index (χ1n) is 6.66. The number of anilines is 1. The molecule has 0 saturated heterocycles. The molecule has 1 unspecified atom stereocenters. The summed E-state index contributed by atoms with van der Waals surface area (Å²) in [5.41, 5.74) is 1.74. The molecule has 3 heterocycles. The molecule has 0 spiro atoms. The van der Waals surface area contributed by atoms with E-state index in [-0.39, 0.29) is 11.3 Å². The number of hydrogen-bond acceptors (Lipinski definition) is 5. The summed E-state index contributed by atoms with van der Waals surface area (Å²) in [7, 11) is 0. The number of fused-ring (bicyclic) bond motifs is 2. The lowest BCUT2D eigenvalue weighted by Gasteiger charge is -2.27. The van der Waals surface area contributed by atoms with E-state index in [0.29, 0.717) is 18.1 Å². The monoisotopic (exact) mass is 301 g/mol. The average Bonchev–Trinajstić information content (AvgIpc) is 2.96. The normalized spacial score (nSPS) is 17.3. The molecular formula is C14H12ClN5O. The van der Waals surface area contributed by atoms with Gasteiger partial charge in [0.05, 0.1) is 24.2 Å². The Labute approximate surface area is 125 Å². The summed E-state index contributed by atoms with van der Waals surface area (Å²) in [4.78, 5) is 8.39. The van der Waals surface area contributed by atoms with Crippen molar-refractivity contribution in [3.05, 3.63) is 41.3 Å². The molecule has 0 fully saturated rings. The zero-order valence-corrected chi connectivity index (χ0v) is 11.8. The second kappa shape index (κ2) is 4.89. The minimum absolute atomic E-state index is 0.124. The van der Waals surface area contributed by atoms with Gasteiger partial charge < -0.3 is 10.1 Å². The maximum Gasteiger partial charge on any atom is 0.226 e. The Kier molecular flexibility index (Phi) is 2.89. The molecule has 1 aromatic carbocycles. The van der Waals surface area contributed by atoms with E-state index in [1.165, 1.54) is 0 Å². The second-order valence-corrected chi connectivity index (χ2v) is 5.18. The molecule has 1 aliphatic rings. The van der Waals surface area contributed by atoms with Gasteiger partial charge in [-0.15, -0.1) is 0 Å². The second-order valence-electron chi connectivity index (χ2n) is 4.85. The van der Waals surface area contributed by atoms with Crippen LogP contribution in [0.2, 0.25) is 5.28 Å². The highest BCUT2D eigenvalue weighted by atomic mass is 35.5. The van der Waals surface area contributed by atoms with Crippen LogP contribution in [-0.2, 0) is 0 Å². The fourth-order valence-corrected chi connectivity index (χ4v) is 2.74. The molecule has 106 valence electrons. The summed E-state index contributed by atoms with van der Waals surface area (Å²) in [5, 5.41) is 11.2. The van der Waals surface area contributed by atoms with Gasteiger partial charge in [-0.2, -0.15) is 15.1 Å². The summed E-state index contributed by atoms with van der Waals surface area (Å²) < 4.78 is 5.67. The molecule has 6 nitrogen and oxygen atoms in total. The van der Waals surface area contributed by atoms with Crippen molar-refractivity contribution in [2.45, 2.75) is 12.5 Å². The van der Waals surface area contributed by atoms with Gasteiger partial charge in [0.15, 0.2) is 5.65 Å². The van der Waals surface area contributed by atoms with E-state index in [1.54, 1.807) is 6.20 Å². The number of nitrogens with zero attached hydrogens (tertiary/aromatic N) is 3. The Bertz CT molecular complexity index is 803. The van der Waals surface area contributed by atoms with E-state index in [9.17, 15) is 0 Å². The van der Waals surface area contributed by atoms with Gasteiger partial charge >= 0.3 is 0 Å². The summed E-state index contributed by atoms with van der Waals surface area (Å²) in [6.45, 7) is 0.669. The van der Waals surface area contributed by atoms with Crippen molar-refractivity contribution < 1.29 is 4.74 Å². The minimum Gasteiger partial charge on any atom is -0.493 e. The van der Waals surface area contributed by atoms with Crippen LogP contribution in [0, 0.1) is 0 Å². The average molecular weight is 302 g/mol. The van der Waals surface area contributed by atoms with E-state index in [4.69, 9.17) is 16.3 Å². The Morgan fingerprint density at radius 2 is 2.19 bits per heavy atom. The summed E-state index contributed by atoms with van der Waals surface area (Å²) in [6, 6.07) is 8.13. The quantitative estimate of drug-likeness (QED) is 0.712. The third-order valence-corrected chi connectivity index (χ3v) is 3.72. The first-order chi connectivity index (χ1) is 10.3. The third-order valence-electron chi connectivity index (χ3n) is 3.55. The van der Waals surface area contributed by atoms with Crippen molar-refractivity contribution in [2.24, 2.45) is 0 Å². The van der Waals surface area contributed by atoms with Crippen molar-refractivity contribution >= 4 is 28.5 Å². The predicted octanol–water partition coefficient (Wildman–Crippen LogP) is 2.94. The van der Waals surface area contributed by atoms with Gasteiger partial charge in [0.1, 0.15) is 11.6 Å². The summed E-state index contributed by atoms with van der Waals surface area (Å²) >= 11 is 5.96. The maximum atomic E-state index is 5.96. The fraction of sp³-hybridized carbons (Fsp3) is 0.214. The number of benzene rings is 1. The Balaban J connectivity index is 1.74. The zero-order chi connectivity index (χ0) is 14.2. The van der Waals surface area contributed by atoms with Crippen molar-refractivity contribution in [1.82, 2.24) is 20.2 Å². The van der Waals surface area contributed by atoms with Crippen molar-refractivity contribution in [3.63, 3.8) is 0 Å². The first-order valence-corrected chi connectivity index (χ1v) is 7.04. The van der Waals surface area contributed by atoms with Crippen LogP contribution in [0.5, 0.6) is 5.75 Å². The van der Waals surface area contributed by atoms with Gasteiger partial charge in [0.2, 0.25) is 5.28 Å². The number of para-hydroxylation sites is 1. The molecule has 0 saturated carbocycles. The summed E-state index contributed by atoms with van der Waals surface area (Å²) in [5.74, 6) is 1.59. The Hall–Kier alpha value is -2.34. The predicted molar refractivity (Wildman–Crippen MR) is 79.6 cm³/mol. The molecule has 2 N–H and O–H groups in total. The largest absolute Gasteiger partial charge is 0.493 e. The number of aromatic nitrogens is 4. The van der Waals surface area contributed by atoms with Crippen molar-refractivity contribution in [3.8, 4) is 5.75 Å². The lowest BCUT2D eigenvalue weighted by atomic mass is 10.0. The molecule has 1 aliphatic heterocycles. The SMILES string of the molecule is Clc1nc(NC2CCOc3ccccc32)c2cn[nH]c2n1. The molecule has 0 amide bonds. The lowest BCUT2D eigenvalue weighted by Crippen LogP contribution is -2.21. The van der Waals surface area contributed by atoms with Gasteiger partial charge in [0.25, 0.3) is 0 Å². The van der Waals surface area contributed by atoms with Crippen LogP contribution in [0.15, 0.2) is 30.5 Å². The van der Waals surface area contributed by atoms with Crippen molar-refractivity contribution in [2.75, 3.05) is 11.9 Å². The molecule has 1 atom stereocenters. The highest BCUT2D eigenvalue weighted by Gasteiger charge is 2.22. The number of rotatable bonds is 2. The molecule has 0 radical (unpaired) electrons. The van der Waals surface area contributed by atoms with Crippen LogP contribution < -0.4 is 10.1 Å². The Morgan fingerprint density at radius 3 is 3.14 bits per heavy atom. The lowest BCUT2D eigenvalue weighted by molar-refractivity contribution is 0.274. The van der Waals surface area contributed by atoms with E-state index in [0.717, 1.165) is 23.1 Å².